The number of pyridine rings is 1. The summed E-state index contributed by atoms with van der Waals surface area (Å²) in [5.74, 6) is 1.07. The van der Waals surface area contributed by atoms with Gasteiger partial charge in [0.2, 0.25) is 0 Å². The molecule has 3 rings (SSSR count). The highest BCUT2D eigenvalue weighted by molar-refractivity contribution is 5.46. The van der Waals surface area contributed by atoms with E-state index in [0.29, 0.717) is 6.04 Å². The van der Waals surface area contributed by atoms with E-state index in [0.717, 1.165) is 43.1 Å². The van der Waals surface area contributed by atoms with Gasteiger partial charge in [-0.3, -0.25) is 4.90 Å². The molecular formula is C20H28N4. The van der Waals surface area contributed by atoms with Gasteiger partial charge in [-0.1, -0.05) is 30.3 Å². The number of piperazine rings is 1. The largest absolute Gasteiger partial charge is 0.354 e. The first-order chi connectivity index (χ1) is 11.6. The molecule has 4 nitrogen and oxygen atoms in total. The van der Waals surface area contributed by atoms with Crippen molar-refractivity contribution >= 4 is 5.82 Å². The van der Waals surface area contributed by atoms with Gasteiger partial charge in [-0.05, 0) is 43.5 Å². The van der Waals surface area contributed by atoms with E-state index in [9.17, 15) is 0 Å². The molecule has 2 heterocycles. The summed E-state index contributed by atoms with van der Waals surface area (Å²) in [4.78, 5) is 9.60. The summed E-state index contributed by atoms with van der Waals surface area (Å²) in [6.45, 7) is 10.9. The minimum absolute atomic E-state index is 0.120. The lowest BCUT2D eigenvalue weighted by atomic mass is 9.97. The van der Waals surface area contributed by atoms with Crippen molar-refractivity contribution in [1.82, 2.24) is 9.88 Å². The standard InChI is InChI=1S/C20H28N4/c1-15(2)23-9-11-24(12-10-23)19-13-16(3)18(14-22-19)20(21)17-7-5-4-6-8-17/h4-8,13-15,20H,9-12,21H2,1-3H3. The third kappa shape index (κ3) is 3.60. The SMILES string of the molecule is Cc1cc(N2CCN(C(C)C)CC2)ncc1C(N)c1ccccc1. The maximum atomic E-state index is 6.44. The van der Waals surface area contributed by atoms with Crippen LogP contribution in [0.5, 0.6) is 0 Å². The zero-order valence-electron chi connectivity index (χ0n) is 14.9. The third-order valence-electron chi connectivity index (χ3n) is 5.00. The Morgan fingerprint density at radius 1 is 1.04 bits per heavy atom. The lowest BCUT2D eigenvalue weighted by Crippen LogP contribution is -2.49. The molecule has 1 aromatic carbocycles. The van der Waals surface area contributed by atoms with Crippen LogP contribution in [0.2, 0.25) is 0 Å². The third-order valence-corrected chi connectivity index (χ3v) is 5.00. The molecule has 24 heavy (non-hydrogen) atoms. The first-order valence-corrected chi connectivity index (χ1v) is 8.82. The molecule has 1 fully saturated rings. The summed E-state index contributed by atoms with van der Waals surface area (Å²) >= 11 is 0. The predicted octanol–water partition coefficient (Wildman–Crippen LogP) is 2.97. The highest BCUT2D eigenvalue weighted by Crippen LogP contribution is 2.25. The summed E-state index contributed by atoms with van der Waals surface area (Å²) in [5, 5.41) is 0. The lowest BCUT2D eigenvalue weighted by molar-refractivity contribution is 0.209. The van der Waals surface area contributed by atoms with Crippen molar-refractivity contribution in [3.05, 3.63) is 59.3 Å². The van der Waals surface area contributed by atoms with Gasteiger partial charge in [-0.2, -0.15) is 0 Å². The number of aryl methyl sites for hydroxylation is 1. The van der Waals surface area contributed by atoms with E-state index < -0.39 is 0 Å². The Morgan fingerprint density at radius 3 is 2.29 bits per heavy atom. The molecule has 4 heteroatoms. The van der Waals surface area contributed by atoms with E-state index in [-0.39, 0.29) is 6.04 Å². The second-order valence-corrected chi connectivity index (χ2v) is 6.90. The Hall–Kier alpha value is -1.91. The number of hydrogen-bond acceptors (Lipinski definition) is 4. The zero-order valence-corrected chi connectivity index (χ0v) is 14.9. The number of nitrogens with zero attached hydrogens (tertiary/aromatic N) is 3. The first-order valence-electron chi connectivity index (χ1n) is 8.82. The van der Waals surface area contributed by atoms with Crippen LogP contribution in [0.15, 0.2) is 42.6 Å². The van der Waals surface area contributed by atoms with Gasteiger partial charge in [0.15, 0.2) is 0 Å². The van der Waals surface area contributed by atoms with Crippen molar-refractivity contribution in [1.29, 1.82) is 0 Å². The minimum Gasteiger partial charge on any atom is -0.354 e. The maximum Gasteiger partial charge on any atom is 0.128 e. The first kappa shape index (κ1) is 16.9. The molecule has 128 valence electrons. The van der Waals surface area contributed by atoms with Gasteiger partial charge in [0, 0.05) is 38.4 Å². The molecule has 2 N–H and O–H groups in total. The Labute approximate surface area is 145 Å². The van der Waals surface area contributed by atoms with Gasteiger partial charge in [-0.25, -0.2) is 4.98 Å². The van der Waals surface area contributed by atoms with Crippen LogP contribution < -0.4 is 10.6 Å². The van der Waals surface area contributed by atoms with Gasteiger partial charge < -0.3 is 10.6 Å². The van der Waals surface area contributed by atoms with E-state index in [2.05, 4.69) is 48.8 Å². The minimum atomic E-state index is -0.120. The van der Waals surface area contributed by atoms with Crippen molar-refractivity contribution < 1.29 is 0 Å². The molecule has 1 aliphatic rings. The van der Waals surface area contributed by atoms with Gasteiger partial charge in [0.05, 0.1) is 6.04 Å². The van der Waals surface area contributed by atoms with Crippen LogP contribution in [0.1, 0.15) is 36.6 Å². The molecule has 0 spiro atoms. The van der Waals surface area contributed by atoms with E-state index in [1.54, 1.807) is 0 Å². The van der Waals surface area contributed by atoms with Crippen molar-refractivity contribution in [3.63, 3.8) is 0 Å². The highest BCUT2D eigenvalue weighted by atomic mass is 15.3. The Kier molecular flexibility index (Phi) is 5.17. The smallest absolute Gasteiger partial charge is 0.128 e. The molecule has 1 aromatic heterocycles. The Bertz CT molecular complexity index is 661. The molecule has 0 aliphatic carbocycles. The molecule has 0 radical (unpaired) electrons. The van der Waals surface area contributed by atoms with Gasteiger partial charge >= 0.3 is 0 Å². The van der Waals surface area contributed by atoms with E-state index in [4.69, 9.17) is 10.7 Å². The van der Waals surface area contributed by atoms with Crippen LogP contribution in [0, 0.1) is 6.92 Å². The molecule has 1 unspecified atom stereocenters. The summed E-state index contributed by atoms with van der Waals surface area (Å²) in [7, 11) is 0. The van der Waals surface area contributed by atoms with Gasteiger partial charge in [-0.15, -0.1) is 0 Å². The fourth-order valence-corrected chi connectivity index (χ4v) is 3.36. The average Bonchev–Trinajstić information content (AvgIpc) is 2.62. The van der Waals surface area contributed by atoms with E-state index >= 15 is 0 Å². The fourth-order valence-electron chi connectivity index (χ4n) is 3.36. The monoisotopic (exact) mass is 324 g/mol. The zero-order chi connectivity index (χ0) is 17.1. The van der Waals surface area contributed by atoms with Crippen LogP contribution >= 0.6 is 0 Å². The van der Waals surface area contributed by atoms with Crippen molar-refractivity contribution in [2.45, 2.75) is 32.9 Å². The lowest BCUT2D eigenvalue weighted by Gasteiger charge is -2.37. The molecule has 0 saturated carbocycles. The molecule has 0 amide bonds. The number of anilines is 1. The van der Waals surface area contributed by atoms with Crippen molar-refractivity contribution in [2.75, 3.05) is 31.1 Å². The molecule has 2 aromatic rings. The molecule has 1 atom stereocenters. The predicted molar refractivity (Wildman–Crippen MR) is 100 cm³/mol. The normalized spacial score (nSPS) is 17.3. The maximum absolute atomic E-state index is 6.44. The average molecular weight is 324 g/mol. The molecule has 1 saturated heterocycles. The summed E-state index contributed by atoms with van der Waals surface area (Å²) in [6, 6.07) is 12.9. The van der Waals surface area contributed by atoms with E-state index in [1.807, 2.05) is 24.4 Å². The van der Waals surface area contributed by atoms with Crippen LogP contribution in [-0.2, 0) is 0 Å². The van der Waals surface area contributed by atoms with Crippen LogP contribution in [0.3, 0.4) is 0 Å². The Morgan fingerprint density at radius 2 is 1.71 bits per heavy atom. The quantitative estimate of drug-likeness (QED) is 0.939. The molecule has 0 bridgehead atoms. The summed E-state index contributed by atoms with van der Waals surface area (Å²) in [6.07, 6.45) is 1.96. The second kappa shape index (κ2) is 7.32. The van der Waals surface area contributed by atoms with Gasteiger partial charge in [0.1, 0.15) is 5.82 Å². The second-order valence-electron chi connectivity index (χ2n) is 6.90. The number of benzene rings is 1. The van der Waals surface area contributed by atoms with Crippen LogP contribution in [0.4, 0.5) is 5.82 Å². The molecule has 1 aliphatic heterocycles. The number of hydrogen-bond donors (Lipinski definition) is 1. The van der Waals surface area contributed by atoms with Crippen LogP contribution in [-0.4, -0.2) is 42.1 Å². The summed E-state index contributed by atoms with van der Waals surface area (Å²) < 4.78 is 0. The van der Waals surface area contributed by atoms with Crippen LogP contribution in [0.25, 0.3) is 0 Å². The highest BCUT2D eigenvalue weighted by Gasteiger charge is 2.20. The summed E-state index contributed by atoms with van der Waals surface area (Å²) in [5.41, 5.74) is 9.88. The number of aromatic nitrogens is 1. The van der Waals surface area contributed by atoms with Gasteiger partial charge in [0.25, 0.3) is 0 Å². The fraction of sp³-hybridized carbons (Fsp3) is 0.450. The molecular weight excluding hydrogens is 296 g/mol. The van der Waals surface area contributed by atoms with Crippen molar-refractivity contribution in [2.24, 2.45) is 5.73 Å². The Balaban J connectivity index is 1.74. The van der Waals surface area contributed by atoms with E-state index in [1.165, 1.54) is 5.56 Å². The number of nitrogens with two attached hydrogens (primary N) is 1. The van der Waals surface area contributed by atoms with Crippen molar-refractivity contribution in [3.8, 4) is 0 Å². The number of rotatable bonds is 4. The topological polar surface area (TPSA) is 45.4 Å².